The van der Waals surface area contributed by atoms with Gasteiger partial charge in [-0.15, -0.1) is 0 Å². The van der Waals surface area contributed by atoms with Gasteiger partial charge in [-0.3, -0.25) is 4.79 Å². The molecule has 0 fully saturated rings. The van der Waals surface area contributed by atoms with Crippen molar-refractivity contribution in [3.8, 4) is 0 Å². The number of aromatic amines is 1. The van der Waals surface area contributed by atoms with Gasteiger partial charge in [-0.05, 0) is 30.6 Å². The van der Waals surface area contributed by atoms with Crippen LogP contribution in [-0.4, -0.2) is 18.3 Å². The maximum atomic E-state index is 11.7. The lowest BCUT2D eigenvalue weighted by Gasteiger charge is -2.10. The second kappa shape index (κ2) is 5.05. The van der Waals surface area contributed by atoms with Crippen LogP contribution in [0.2, 0.25) is 0 Å². The van der Waals surface area contributed by atoms with Crippen molar-refractivity contribution in [2.24, 2.45) is 5.73 Å². The van der Waals surface area contributed by atoms with Crippen molar-refractivity contribution in [2.75, 3.05) is 5.32 Å². The quantitative estimate of drug-likeness (QED) is 0.709. The highest BCUT2D eigenvalue weighted by Gasteiger charge is 2.21. The molecular weight excluding hydrogens is 253 g/mol. The summed E-state index contributed by atoms with van der Waals surface area (Å²) in [6, 6.07) is 5.21. The summed E-state index contributed by atoms with van der Waals surface area (Å²) >= 11 is 0. The van der Waals surface area contributed by atoms with Gasteiger partial charge in [-0.2, -0.15) is 0 Å². The minimum Gasteiger partial charge on any atom is -0.467 e. The lowest BCUT2D eigenvalue weighted by Crippen LogP contribution is -2.28. The van der Waals surface area contributed by atoms with E-state index in [2.05, 4.69) is 10.3 Å². The Kier molecular flexibility index (Phi) is 3.24. The number of furan rings is 1. The van der Waals surface area contributed by atoms with Gasteiger partial charge < -0.3 is 20.5 Å². The second-order valence-electron chi connectivity index (χ2n) is 4.88. The van der Waals surface area contributed by atoms with Crippen LogP contribution in [-0.2, 0) is 6.54 Å². The average Bonchev–Trinajstić information content (AvgIpc) is 3.04. The zero-order valence-corrected chi connectivity index (χ0v) is 11.1. The Bertz CT molecular complexity index is 702. The van der Waals surface area contributed by atoms with Crippen molar-refractivity contribution >= 4 is 24.5 Å². The fraction of sp³-hybridized carbons (Fsp3) is 0.214. The molecule has 1 radical (unpaired) electrons. The van der Waals surface area contributed by atoms with E-state index in [1.54, 1.807) is 12.3 Å². The summed E-state index contributed by atoms with van der Waals surface area (Å²) in [6.07, 6.45) is 3.54. The highest BCUT2D eigenvalue weighted by Crippen LogP contribution is 2.16. The van der Waals surface area contributed by atoms with Gasteiger partial charge in [-0.25, -0.2) is 0 Å². The molecule has 3 heterocycles. The molecular formula is C14H15BN3O2. The first-order valence-electron chi connectivity index (χ1n) is 6.49. The van der Waals surface area contributed by atoms with Crippen LogP contribution in [0.5, 0.6) is 0 Å². The van der Waals surface area contributed by atoms with Crippen LogP contribution in [0.15, 0.2) is 39.1 Å². The van der Waals surface area contributed by atoms with Crippen LogP contribution in [0.4, 0.5) is 5.69 Å². The van der Waals surface area contributed by atoms with Gasteiger partial charge in [0, 0.05) is 23.5 Å². The monoisotopic (exact) mass is 268 g/mol. The third kappa shape index (κ3) is 2.42. The number of H-pyrrole nitrogens is 1. The first kappa shape index (κ1) is 12.8. The molecule has 0 saturated carbocycles. The van der Waals surface area contributed by atoms with Crippen molar-refractivity contribution in [3.63, 3.8) is 0 Å². The zero-order chi connectivity index (χ0) is 14.1. The molecule has 6 heteroatoms. The Hall–Kier alpha value is -2.21. The van der Waals surface area contributed by atoms with Crippen LogP contribution in [0.25, 0.3) is 6.08 Å². The Balaban J connectivity index is 1.86. The number of pyridine rings is 1. The Labute approximate surface area is 117 Å². The van der Waals surface area contributed by atoms with E-state index in [0.29, 0.717) is 6.54 Å². The molecule has 20 heavy (non-hydrogen) atoms. The minimum absolute atomic E-state index is 0.0659. The molecule has 1 atom stereocenters. The van der Waals surface area contributed by atoms with Gasteiger partial charge >= 0.3 is 0 Å². The number of nitrogens with two attached hydrogens (primary N) is 1. The second-order valence-corrected chi connectivity index (χ2v) is 4.88. The number of nitrogens with one attached hydrogen (secondary N) is 2. The predicted molar refractivity (Wildman–Crippen MR) is 80.1 cm³/mol. The minimum atomic E-state index is -0.138. The van der Waals surface area contributed by atoms with Crippen molar-refractivity contribution in [2.45, 2.75) is 19.5 Å². The molecule has 5 nitrogen and oxygen atoms in total. The van der Waals surface area contributed by atoms with Crippen LogP contribution in [0.1, 0.15) is 18.4 Å². The van der Waals surface area contributed by atoms with Crippen molar-refractivity contribution in [3.05, 3.63) is 51.7 Å². The average molecular weight is 268 g/mol. The summed E-state index contributed by atoms with van der Waals surface area (Å²) in [5.41, 5.74) is 9.30. The number of aromatic nitrogens is 1. The normalized spacial score (nSPS) is 14.4. The van der Waals surface area contributed by atoms with Crippen molar-refractivity contribution in [1.29, 1.82) is 0 Å². The van der Waals surface area contributed by atoms with Gasteiger partial charge in [-0.1, -0.05) is 5.47 Å². The number of hydrogen-bond donors (Lipinski definition) is 3. The highest BCUT2D eigenvalue weighted by molar-refractivity contribution is 6.67. The fourth-order valence-corrected chi connectivity index (χ4v) is 2.24. The standard InChI is InChI=1S/C14H15BN3O2/c1-8(16)10-5-12-14(15-10)11(6-13(19)18-12)17-7-9-3-2-4-20-9/h2-6,8H,7,16H2,1H3,(H2,17,18,19)/t8-/m0/s1. The molecule has 0 bridgehead atoms. The maximum Gasteiger partial charge on any atom is 0.250 e. The number of anilines is 1. The first-order valence-corrected chi connectivity index (χ1v) is 6.49. The molecule has 4 N–H and O–H groups in total. The van der Waals surface area contributed by atoms with E-state index in [-0.39, 0.29) is 11.6 Å². The Morgan fingerprint density at radius 1 is 1.55 bits per heavy atom. The summed E-state index contributed by atoms with van der Waals surface area (Å²) in [7, 11) is 2.00. The highest BCUT2D eigenvalue weighted by atomic mass is 16.3. The van der Waals surface area contributed by atoms with E-state index in [1.807, 2.05) is 32.4 Å². The molecule has 0 spiro atoms. The third-order valence-corrected chi connectivity index (χ3v) is 3.29. The molecule has 0 saturated heterocycles. The van der Waals surface area contributed by atoms with Crippen LogP contribution in [0.3, 0.4) is 0 Å². The van der Waals surface area contributed by atoms with Gasteiger partial charge in [0.05, 0.1) is 12.8 Å². The molecule has 1 aliphatic rings. The summed E-state index contributed by atoms with van der Waals surface area (Å²) in [6.45, 7) is 2.45. The predicted octanol–water partition coefficient (Wildman–Crippen LogP) is 0.611. The zero-order valence-electron chi connectivity index (χ0n) is 11.1. The van der Waals surface area contributed by atoms with E-state index >= 15 is 0 Å². The Morgan fingerprint density at radius 2 is 2.40 bits per heavy atom. The van der Waals surface area contributed by atoms with Crippen LogP contribution >= 0.6 is 0 Å². The van der Waals surface area contributed by atoms with Crippen LogP contribution in [0, 0.1) is 0 Å². The third-order valence-electron chi connectivity index (χ3n) is 3.29. The van der Waals surface area contributed by atoms with E-state index in [1.165, 1.54) is 0 Å². The van der Waals surface area contributed by atoms with Gasteiger partial charge in [0.25, 0.3) is 0 Å². The summed E-state index contributed by atoms with van der Waals surface area (Å²) < 4.78 is 5.27. The molecule has 0 aliphatic carbocycles. The summed E-state index contributed by atoms with van der Waals surface area (Å²) in [5.74, 6) is 0.817. The smallest absolute Gasteiger partial charge is 0.250 e. The number of fused-ring (bicyclic) bond motifs is 1. The Morgan fingerprint density at radius 3 is 3.10 bits per heavy atom. The molecule has 101 valence electrons. The number of rotatable bonds is 4. The molecule has 1 aliphatic heterocycles. The SMILES string of the molecule is C[C@H](N)C1=Cc2[nH]c(=O)cc(NCc3ccco3)c2[B]1. The number of hydrogen-bond acceptors (Lipinski definition) is 4. The fourth-order valence-electron chi connectivity index (χ4n) is 2.24. The molecule has 2 aromatic rings. The summed E-state index contributed by atoms with van der Waals surface area (Å²) in [4.78, 5) is 14.5. The molecule has 0 amide bonds. The van der Waals surface area contributed by atoms with E-state index in [4.69, 9.17) is 10.2 Å². The van der Waals surface area contributed by atoms with E-state index < -0.39 is 0 Å². The van der Waals surface area contributed by atoms with Crippen molar-refractivity contribution in [1.82, 2.24) is 4.98 Å². The molecule has 0 aromatic carbocycles. The van der Waals surface area contributed by atoms with E-state index in [0.717, 1.165) is 28.1 Å². The van der Waals surface area contributed by atoms with Crippen LogP contribution < -0.4 is 22.1 Å². The van der Waals surface area contributed by atoms with Gasteiger partial charge in [0.1, 0.15) is 5.76 Å². The topological polar surface area (TPSA) is 84.0 Å². The van der Waals surface area contributed by atoms with Gasteiger partial charge in [0.2, 0.25) is 5.56 Å². The maximum absolute atomic E-state index is 11.7. The summed E-state index contributed by atoms with van der Waals surface area (Å²) in [5, 5.41) is 3.23. The molecule has 0 unspecified atom stereocenters. The van der Waals surface area contributed by atoms with Crippen molar-refractivity contribution < 1.29 is 4.42 Å². The first-order chi connectivity index (χ1) is 9.63. The van der Waals surface area contributed by atoms with Gasteiger partial charge in [0.15, 0.2) is 7.28 Å². The lowest BCUT2D eigenvalue weighted by atomic mass is 9.64. The molecule has 2 aromatic heterocycles. The molecule has 3 rings (SSSR count). The largest absolute Gasteiger partial charge is 0.467 e. The lowest BCUT2D eigenvalue weighted by molar-refractivity contribution is 0.518. The van der Waals surface area contributed by atoms with E-state index in [9.17, 15) is 4.79 Å².